The molecule has 1 aromatic heterocycles. The number of carboxylic acid groups (broad SMARTS) is 1. The SMILES string of the molecule is CC(C)CC(NC(=O)C(Cc1ccccc1)NC(=O)C(CS)NC(=O)C(N)Cc1cnc[nH]1)C(=O)O. The molecule has 1 heterocycles. The third kappa shape index (κ3) is 9.34. The Morgan fingerprint density at radius 3 is 2.14 bits per heavy atom. The summed E-state index contributed by atoms with van der Waals surface area (Å²) in [5, 5.41) is 17.2. The van der Waals surface area contributed by atoms with Crippen LogP contribution < -0.4 is 21.7 Å². The van der Waals surface area contributed by atoms with Gasteiger partial charge >= 0.3 is 5.97 Å². The molecule has 0 fully saturated rings. The van der Waals surface area contributed by atoms with E-state index in [0.29, 0.717) is 5.69 Å². The second-order valence-corrected chi connectivity index (χ2v) is 9.28. The Kier molecular flexibility index (Phi) is 11.4. The number of rotatable bonds is 14. The number of benzene rings is 1. The molecule has 0 aliphatic rings. The fraction of sp³-hybridized carbons (Fsp3) is 0.458. The molecule has 0 aliphatic carbocycles. The molecule has 1 aromatic carbocycles. The predicted molar refractivity (Wildman–Crippen MR) is 137 cm³/mol. The van der Waals surface area contributed by atoms with Gasteiger partial charge in [-0.1, -0.05) is 44.2 Å². The van der Waals surface area contributed by atoms with E-state index >= 15 is 0 Å². The molecule has 36 heavy (non-hydrogen) atoms. The highest BCUT2D eigenvalue weighted by molar-refractivity contribution is 7.80. The molecule has 0 saturated heterocycles. The molecule has 4 atom stereocenters. The van der Waals surface area contributed by atoms with Crippen molar-refractivity contribution in [2.45, 2.75) is 57.3 Å². The zero-order chi connectivity index (χ0) is 26.7. The van der Waals surface area contributed by atoms with Gasteiger partial charge in [-0.05, 0) is 17.9 Å². The molecule has 0 aliphatic heterocycles. The van der Waals surface area contributed by atoms with Crippen molar-refractivity contribution in [1.29, 1.82) is 0 Å². The van der Waals surface area contributed by atoms with Crippen LogP contribution in [0.4, 0.5) is 0 Å². The second kappa shape index (κ2) is 14.2. The molecule has 0 bridgehead atoms. The van der Waals surface area contributed by atoms with Crippen LogP contribution in [0.1, 0.15) is 31.5 Å². The summed E-state index contributed by atoms with van der Waals surface area (Å²) in [5.74, 6) is -3.01. The van der Waals surface area contributed by atoms with Crippen LogP contribution in [0.15, 0.2) is 42.9 Å². The monoisotopic (exact) mass is 518 g/mol. The number of nitrogens with two attached hydrogens (primary N) is 1. The van der Waals surface area contributed by atoms with Gasteiger partial charge in [0.1, 0.15) is 18.1 Å². The minimum absolute atomic E-state index is 0.0308. The first kappa shape index (κ1) is 28.9. The third-order valence-corrected chi connectivity index (χ3v) is 5.75. The van der Waals surface area contributed by atoms with E-state index in [1.807, 2.05) is 19.9 Å². The lowest BCUT2D eigenvalue weighted by Crippen LogP contribution is -2.58. The van der Waals surface area contributed by atoms with Crippen LogP contribution in [0, 0.1) is 5.92 Å². The van der Waals surface area contributed by atoms with Gasteiger partial charge in [0.05, 0.1) is 12.4 Å². The van der Waals surface area contributed by atoms with Crippen molar-refractivity contribution in [1.82, 2.24) is 25.9 Å². The Labute approximate surface area is 215 Å². The summed E-state index contributed by atoms with van der Waals surface area (Å²) in [4.78, 5) is 57.0. The van der Waals surface area contributed by atoms with Crippen LogP contribution in [0.3, 0.4) is 0 Å². The average molecular weight is 519 g/mol. The van der Waals surface area contributed by atoms with Crippen molar-refractivity contribution in [3.63, 3.8) is 0 Å². The molecule has 12 heteroatoms. The van der Waals surface area contributed by atoms with Gasteiger partial charge in [0.25, 0.3) is 0 Å². The number of thiol groups is 1. The molecule has 7 N–H and O–H groups in total. The maximum atomic E-state index is 13.1. The van der Waals surface area contributed by atoms with E-state index < -0.39 is 47.9 Å². The number of hydrogen-bond acceptors (Lipinski definition) is 7. The van der Waals surface area contributed by atoms with Gasteiger partial charge in [0.2, 0.25) is 17.7 Å². The minimum atomic E-state index is -1.16. The largest absolute Gasteiger partial charge is 0.480 e. The summed E-state index contributed by atoms with van der Waals surface area (Å²) in [6, 6.07) is 4.82. The van der Waals surface area contributed by atoms with Gasteiger partial charge in [-0.15, -0.1) is 0 Å². The van der Waals surface area contributed by atoms with E-state index in [2.05, 4.69) is 38.5 Å². The fourth-order valence-corrected chi connectivity index (χ4v) is 3.75. The molecule has 2 aromatic rings. The lowest BCUT2D eigenvalue weighted by Gasteiger charge is -2.25. The highest BCUT2D eigenvalue weighted by Gasteiger charge is 2.30. The van der Waals surface area contributed by atoms with E-state index in [0.717, 1.165) is 5.56 Å². The quantitative estimate of drug-likeness (QED) is 0.172. The highest BCUT2D eigenvalue weighted by Crippen LogP contribution is 2.08. The zero-order valence-electron chi connectivity index (χ0n) is 20.3. The Bertz CT molecular complexity index is 1000. The number of aliphatic carboxylic acids is 1. The van der Waals surface area contributed by atoms with Crippen LogP contribution in [0.5, 0.6) is 0 Å². The lowest BCUT2D eigenvalue weighted by molar-refractivity contribution is -0.142. The van der Waals surface area contributed by atoms with Crippen molar-refractivity contribution < 1.29 is 24.3 Å². The molecule has 196 valence electrons. The molecule has 3 amide bonds. The van der Waals surface area contributed by atoms with Gasteiger partial charge in [0, 0.05) is 30.5 Å². The number of carbonyl (C=O) groups excluding carboxylic acids is 3. The average Bonchev–Trinajstić information content (AvgIpc) is 3.34. The molecule has 0 spiro atoms. The summed E-state index contributed by atoms with van der Waals surface area (Å²) >= 11 is 4.17. The van der Waals surface area contributed by atoms with E-state index in [4.69, 9.17) is 5.73 Å². The Hall–Kier alpha value is -3.38. The number of hydrogen-bond donors (Lipinski definition) is 7. The first-order chi connectivity index (χ1) is 17.1. The number of H-pyrrole nitrogens is 1. The smallest absolute Gasteiger partial charge is 0.326 e. The normalized spacial score (nSPS) is 14.4. The van der Waals surface area contributed by atoms with Crippen molar-refractivity contribution in [3.8, 4) is 0 Å². The van der Waals surface area contributed by atoms with Gasteiger partial charge in [0.15, 0.2) is 0 Å². The maximum Gasteiger partial charge on any atom is 0.326 e. The minimum Gasteiger partial charge on any atom is -0.480 e. The summed E-state index contributed by atoms with van der Waals surface area (Å²) in [6.45, 7) is 3.70. The molecular formula is C24H34N6O5S. The standard InChI is InChI=1S/C24H34N6O5S/c1-14(2)8-19(24(34)35)29-22(32)18(9-15-6-4-3-5-7-15)28-23(33)20(12-36)30-21(31)17(25)10-16-11-26-13-27-16/h3-7,11,13-14,17-20,36H,8-10,12,25H2,1-2H3,(H,26,27)(H,28,33)(H,29,32)(H,30,31)(H,34,35). The number of carboxylic acids is 1. The third-order valence-electron chi connectivity index (χ3n) is 5.38. The summed E-state index contributed by atoms with van der Waals surface area (Å²) in [6.07, 6.45) is 3.57. The molecule has 2 rings (SSSR count). The van der Waals surface area contributed by atoms with E-state index in [1.54, 1.807) is 30.5 Å². The zero-order valence-corrected chi connectivity index (χ0v) is 21.2. The Morgan fingerprint density at radius 2 is 1.58 bits per heavy atom. The molecule has 0 saturated carbocycles. The van der Waals surface area contributed by atoms with Crippen LogP contribution in [0.25, 0.3) is 0 Å². The Balaban J connectivity index is 2.11. The number of nitrogens with one attached hydrogen (secondary N) is 4. The number of aromatic nitrogens is 2. The topological polar surface area (TPSA) is 179 Å². The van der Waals surface area contributed by atoms with Gasteiger partial charge in [-0.25, -0.2) is 9.78 Å². The summed E-state index contributed by atoms with van der Waals surface area (Å²) in [7, 11) is 0. The summed E-state index contributed by atoms with van der Waals surface area (Å²) < 4.78 is 0. The first-order valence-electron chi connectivity index (χ1n) is 11.6. The molecular weight excluding hydrogens is 484 g/mol. The van der Waals surface area contributed by atoms with Gasteiger partial charge < -0.3 is 31.8 Å². The second-order valence-electron chi connectivity index (χ2n) is 8.91. The van der Waals surface area contributed by atoms with Crippen molar-refractivity contribution in [2.24, 2.45) is 11.7 Å². The van der Waals surface area contributed by atoms with Crippen molar-refractivity contribution in [3.05, 3.63) is 54.1 Å². The number of nitrogens with zero attached hydrogens (tertiary/aromatic N) is 1. The van der Waals surface area contributed by atoms with Crippen LogP contribution >= 0.6 is 12.6 Å². The van der Waals surface area contributed by atoms with E-state index in [1.165, 1.54) is 6.33 Å². The molecule has 0 radical (unpaired) electrons. The number of amides is 3. The molecule has 11 nitrogen and oxygen atoms in total. The number of aromatic amines is 1. The van der Waals surface area contributed by atoms with Gasteiger partial charge in [-0.3, -0.25) is 14.4 Å². The number of imidazole rings is 1. The van der Waals surface area contributed by atoms with Crippen molar-refractivity contribution >= 4 is 36.3 Å². The number of carbonyl (C=O) groups is 4. The van der Waals surface area contributed by atoms with E-state index in [-0.39, 0.29) is 30.9 Å². The van der Waals surface area contributed by atoms with Gasteiger partial charge in [-0.2, -0.15) is 12.6 Å². The first-order valence-corrected chi connectivity index (χ1v) is 12.3. The van der Waals surface area contributed by atoms with Crippen LogP contribution in [0.2, 0.25) is 0 Å². The lowest BCUT2D eigenvalue weighted by atomic mass is 10.0. The highest BCUT2D eigenvalue weighted by atomic mass is 32.1. The fourth-order valence-electron chi connectivity index (χ4n) is 3.50. The van der Waals surface area contributed by atoms with Crippen molar-refractivity contribution in [2.75, 3.05) is 5.75 Å². The predicted octanol–water partition coefficient (Wildman–Crippen LogP) is 0.0371. The van der Waals surface area contributed by atoms with Crippen LogP contribution in [-0.4, -0.2) is 68.7 Å². The summed E-state index contributed by atoms with van der Waals surface area (Å²) in [5.41, 5.74) is 7.38. The Morgan fingerprint density at radius 1 is 0.972 bits per heavy atom. The molecule has 4 unspecified atom stereocenters. The van der Waals surface area contributed by atoms with E-state index in [9.17, 15) is 24.3 Å². The van der Waals surface area contributed by atoms with Crippen LogP contribution in [-0.2, 0) is 32.0 Å². The maximum absolute atomic E-state index is 13.1.